The highest BCUT2D eigenvalue weighted by molar-refractivity contribution is 5.61. The molecule has 0 spiro atoms. The van der Waals surface area contributed by atoms with E-state index in [4.69, 9.17) is 0 Å². The molecule has 0 aromatic heterocycles. The highest BCUT2D eigenvalue weighted by Crippen LogP contribution is 2.22. The zero-order valence-corrected chi connectivity index (χ0v) is 12.4. The Hall–Kier alpha value is -1.08. The van der Waals surface area contributed by atoms with Crippen molar-refractivity contribution in [3.8, 4) is 0 Å². The molecule has 19 heavy (non-hydrogen) atoms. The fourth-order valence-electron chi connectivity index (χ4n) is 2.88. The maximum absolute atomic E-state index is 3.99. The van der Waals surface area contributed by atoms with E-state index in [1.165, 1.54) is 49.8 Å². The summed E-state index contributed by atoms with van der Waals surface area (Å²) in [5.74, 6) is 0.901. The Bertz CT molecular complexity index is 404. The minimum atomic E-state index is 0.708. The third-order valence-corrected chi connectivity index (χ3v) is 4.34. The first-order chi connectivity index (χ1) is 9.15. The normalized spacial score (nSPS) is 23.9. The average Bonchev–Trinajstić information content (AvgIpc) is 2.61. The van der Waals surface area contributed by atoms with Gasteiger partial charge in [0.1, 0.15) is 0 Å². The summed E-state index contributed by atoms with van der Waals surface area (Å²) in [6.07, 6.45) is 6.61. The predicted molar refractivity (Wildman–Crippen MR) is 84.3 cm³/mol. The Morgan fingerprint density at radius 1 is 1.21 bits per heavy atom. The summed E-state index contributed by atoms with van der Waals surface area (Å²) < 4.78 is 0. The van der Waals surface area contributed by atoms with Crippen molar-refractivity contribution >= 4 is 5.57 Å². The Kier molecular flexibility index (Phi) is 5.21. The van der Waals surface area contributed by atoms with Crippen molar-refractivity contribution in [3.05, 3.63) is 42.0 Å². The molecular weight excluding hydrogens is 230 g/mol. The number of rotatable bonds is 4. The summed E-state index contributed by atoms with van der Waals surface area (Å²) in [6, 6.07) is 9.64. The van der Waals surface area contributed by atoms with Crippen LogP contribution in [0.5, 0.6) is 0 Å². The summed E-state index contributed by atoms with van der Waals surface area (Å²) >= 11 is 0. The zero-order valence-electron chi connectivity index (χ0n) is 12.4. The summed E-state index contributed by atoms with van der Waals surface area (Å²) in [6.45, 7) is 9.55. The molecule has 1 nitrogen and oxygen atoms in total. The lowest BCUT2D eigenvalue weighted by Gasteiger charge is -2.13. The van der Waals surface area contributed by atoms with Gasteiger partial charge in [-0.15, -0.1) is 0 Å². The third kappa shape index (κ3) is 4.50. The number of allylic oxidation sites excluding steroid dienone is 1. The first-order valence-electron chi connectivity index (χ1n) is 7.63. The minimum Gasteiger partial charge on any atom is -0.314 e. The number of aryl methyl sites for hydroxylation is 1. The van der Waals surface area contributed by atoms with E-state index in [1.54, 1.807) is 0 Å². The van der Waals surface area contributed by atoms with E-state index in [1.807, 2.05) is 0 Å². The lowest BCUT2D eigenvalue weighted by atomic mass is 9.92. The van der Waals surface area contributed by atoms with Crippen molar-refractivity contribution in [2.75, 3.05) is 6.54 Å². The quantitative estimate of drug-likeness (QED) is 0.841. The highest BCUT2D eigenvalue weighted by atomic mass is 14.9. The van der Waals surface area contributed by atoms with Crippen LogP contribution in [0.2, 0.25) is 0 Å². The molecule has 0 bridgehead atoms. The van der Waals surface area contributed by atoms with Gasteiger partial charge in [-0.25, -0.2) is 0 Å². The van der Waals surface area contributed by atoms with E-state index >= 15 is 0 Å². The zero-order chi connectivity index (χ0) is 13.7. The third-order valence-electron chi connectivity index (χ3n) is 4.34. The van der Waals surface area contributed by atoms with Gasteiger partial charge in [0.05, 0.1) is 0 Å². The molecule has 2 unspecified atom stereocenters. The second-order valence-corrected chi connectivity index (χ2v) is 6.10. The average molecular weight is 257 g/mol. The largest absolute Gasteiger partial charge is 0.314 e. The molecule has 2 atom stereocenters. The maximum atomic E-state index is 3.99. The molecule has 1 fully saturated rings. The maximum Gasteiger partial charge on any atom is 0.00388 e. The first-order valence-corrected chi connectivity index (χ1v) is 7.63. The molecule has 1 aliphatic rings. The summed E-state index contributed by atoms with van der Waals surface area (Å²) in [4.78, 5) is 0. The molecule has 1 aromatic carbocycles. The molecule has 0 radical (unpaired) electrons. The topological polar surface area (TPSA) is 12.0 Å². The molecule has 1 heterocycles. The summed E-state index contributed by atoms with van der Waals surface area (Å²) in [5.41, 5.74) is 3.88. The second-order valence-electron chi connectivity index (χ2n) is 6.10. The van der Waals surface area contributed by atoms with E-state index < -0.39 is 0 Å². The van der Waals surface area contributed by atoms with E-state index in [2.05, 4.69) is 50.0 Å². The smallest absolute Gasteiger partial charge is 0.00388 e. The monoisotopic (exact) mass is 257 g/mol. The number of hydrogen-bond donors (Lipinski definition) is 1. The molecule has 104 valence electrons. The fraction of sp³-hybridized carbons (Fsp3) is 0.556. The van der Waals surface area contributed by atoms with Gasteiger partial charge in [0, 0.05) is 6.04 Å². The van der Waals surface area contributed by atoms with Crippen molar-refractivity contribution in [1.82, 2.24) is 5.32 Å². The standard InChI is InChI=1S/C18H27N/c1-14(2)18-10-8-16(9-11-18)6-7-17-5-4-15(3)19-13-12-17/h8-11,15,17,19H,1,4-7,12-13H2,2-3H3. The van der Waals surface area contributed by atoms with Crippen LogP contribution in [0, 0.1) is 5.92 Å². The Morgan fingerprint density at radius 3 is 2.63 bits per heavy atom. The van der Waals surface area contributed by atoms with Crippen LogP contribution in [-0.4, -0.2) is 12.6 Å². The molecule has 1 aromatic rings. The predicted octanol–water partition coefficient (Wildman–Crippen LogP) is 4.43. The molecule has 1 saturated heterocycles. The number of benzene rings is 1. The SMILES string of the molecule is C=C(C)c1ccc(CCC2CCNC(C)CC2)cc1. The molecule has 1 heteroatoms. The van der Waals surface area contributed by atoms with Crippen LogP contribution in [-0.2, 0) is 6.42 Å². The van der Waals surface area contributed by atoms with Crippen LogP contribution in [0.3, 0.4) is 0 Å². The molecule has 0 aliphatic carbocycles. The summed E-state index contributed by atoms with van der Waals surface area (Å²) in [5, 5.41) is 3.58. The van der Waals surface area contributed by atoms with Gasteiger partial charge in [0.25, 0.3) is 0 Å². The van der Waals surface area contributed by atoms with Crippen LogP contribution in [0.4, 0.5) is 0 Å². The van der Waals surface area contributed by atoms with Crippen molar-refractivity contribution in [2.45, 2.75) is 52.0 Å². The first kappa shape index (κ1) is 14.3. The molecule has 0 amide bonds. The second kappa shape index (κ2) is 6.91. The van der Waals surface area contributed by atoms with Crippen molar-refractivity contribution in [2.24, 2.45) is 5.92 Å². The highest BCUT2D eigenvalue weighted by Gasteiger charge is 2.15. The van der Waals surface area contributed by atoms with Gasteiger partial charge in [-0.1, -0.05) is 36.4 Å². The lowest BCUT2D eigenvalue weighted by Crippen LogP contribution is -2.24. The molecule has 1 aliphatic heterocycles. The van der Waals surface area contributed by atoms with Crippen LogP contribution >= 0.6 is 0 Å². The van der Waals surface area contributed by atoms with Crippen molar-refractivity contribution < 1.29 is 0 Å². The molecule has 0 saturated carbocycles. The Balaban J connectivity index is 1.83. The van der Waals surface area contributed by atoms with E-state index in [9.17, 15) is 0 Å². The van der Waals surface area contributed by atoms with Gasteiger partial charge in [-0.3, -0.25) is 0 Å². The van der Waals surface area contributed by atoms with Gasteiger partial charge in [-0.2, -0.15) is 0 Å². The molecule has 2 rings (SSSR count). The minimum absolute atomic E-state index is 0.708. The Labute approximate surface area is 118 Å². The molecule has 1 N–H and O–H groups in total. The van der Waals surface area contributed by atoms with Gasteiger partial charge in [0.15, 0.2) is 0 Å². The van der Waals surface area contributed by atoms with Crippen molar-refractivity contribution in [3.63, 3.8) is 0 Å². The van der Waals surface area contributed by atoms with E-state index in [0.717, 1.165) is 11.5 Å². The number of nitrogens with one attached hydrogen (secondary N) is 1. The van der Waals surface area contributed by atoms with E-state index in [0.29, 0.717) is 6.04 Å². The summed E-state index contributed by atoms with van der Waals surface area (Å²) in [7, 11) is 0. The van der Waals surface area contributed by atoms with Crippen LogP contribution < -0.4 is 5.32 Å². The van der Waals surface area contributed by atoms with Crippen molar-refractivity contribution in [1.29, 1.82) is 0 Å². The Morgan fingerprint density at radius 2 is 1.95 bits per heavy atom. The van der Waals surface area contributed by atoms with Crippen LogP contribution in [0.1, 0.15) is 50.7 Å². The molecular formula is C18H27N. The van der Waals surface area contributed by atoms with E-state index in [-0.39, 0.29) is 0 Å². The van der Waals surface area contributed by atoms with Gasteiger partial charge < -0.3 is 5.32 Å². The lowest BCUT2D eigenvalue weighted by molar-refractivity contribution is 0.434. The number of hydrogen-bond acceptors (Lipinski definition) is 1. The van der Waals surface area contributed by atoms with Gasteiger partial charge in [-0.05, 0) is 69.5 Å². The van der Waals surface area contributed by atoms with Gasteiger partial charge in [0.2, 0.25) is 0 Å². The van der Waals surface area contributed by atoms with Crippen LogP contribution in [0.25, 0.3) is 5.57 Å². The fourth-order valence-corrected chi connectivity index (χ4v) is 2.88. The van der Waals surface area contributed by atoms with Crippen LogP contribution in [0.15, 0.2) is 30.8 Å². The van der Waals surface area contributed by atoms with Gasteiger partial charge >= 0.3 is 0 Å².